The molecule has 1 aromatic heterocycles. The summed E-state index contributed by atoms with van der Waals surface area (Å²) in [4.78, 5) is 14.5. The lowest BCUT2D eigenvalue weighted by Crippen LogP contribution is -2.28. The molecule has 1 heterocycles. The standard InChI is InChI=1S/C15H22BrNOS/c1-2-11(7-8-16)10-17-15(18)14-9-12-5-3-4-6-13(12)19-14/h9,11H,2-8,10H2,1H3,(H,17,18). The fraction of sp³-hybridized carbons (Fsp3) is 0.667. The lowest BCUT2D eigenvalue weighted by Gasteiger charge is -2.13. The fourth-order valence-corrected chi connectivity index (χ4v) is 4.35. The monoisotopic (exact) mass is 343 g/mol. The minimum absolute atomic E-state index is 0.118. The van der Waals surface area contributed by atoms with Crippen LogP contribution in [0.3, 0.4) is 0 Å². The second-order valence-electron chi connectivity index (χ2n) is 5.23. The van der Waals surface area contributed by atoms with Crippen LogP contribution in [-0.2, 0) is 12.8 Å². The number of hydrogen-bond acceptors (Lipinski definition) is 2. The Bertz CT molecular complexity index is 406. The molecule has 2 rings (SSSR count). The van der Waals surface area contributed by atoms with E-state index in [4.69, 9.17) is 0 Å². The number of carbonyl (C=O) groups excluding carboxylic acids is 1. The van der Waals surface area contributed by atoms with Gasteiger partial charge >= 0.3 is 0 Å². The highest BCUT2D eigenvalue weighted by molar-refractivity contribution is 9.09. The van der Waals surface area contributed by atoms with Crippen LogP contribution in [0.15, 0.2) is 6.07 Å². The van der Waals surface area contributed by atoms with Gasteiger partial charge in [-0.3, -0.25) is 4.79 Å². The van der Waals surface area contributed by atoms with Crippen molar-refractivity contribution in [2.45, 2.75) is 45.4 Å². The third kappa shape index (κ3) is 4.06. The predicted molar refractivity (Wildman–Crippen MR) is 85.5 cm³/mol. The summed E-state index contributed by atoms with van der Waals surface area (Å²) in [7, 11) is 0. The molecule has 0 spiro atoms. The maximum atomic E-state index is 12.2. The van der Waals surface area contributed by atoms with Crippen molar-refractivity contribution in [2.75, 3.05) is 11.9 Å². The van der Waals surface area contributed by atoms with E-state index in [0.29, 0.717) is 5.92 Å². The molecule has 1 unspecified atom stereocenters. The number of rotatable bonds is 6. The molecule has 0 saturated heterocycles. The van der Waals surface area contributed by atoms with Crippen molar-refractivity contribution >= 4 is 33.2 Å². The Balaban J connectivity index is 1.90. The third-order valence-electron chi connectivity index (χ3n) is 3.87. The number of fused-ring (bicyclic) bond motifs is 1. The normalized spacial score (nSPS) is 15.9. The number of carbonyl (C=O) groups is 1. The van der Waals surface area contributed by atoms with Gasteiger partial charge in [-0.2, -0.15) is 0 Å². The topological polar surface area (TPSA) is 29.1 Å². The highest BCUT2D eigenvalue weighted by Crippen LogP contribution is 2.29. The highest BCUT2D eigenvalue weighted by Gasteiger charge is 2.17. The summed E-state index contributed by atoms with van der Waals surface area (Å²) in [5.74, 6) is 0.699. The van der Waals surface area contributed by atoms with Crippen LogP contribution in [0.1, 0.15) is 52.7 Å². The van der Waals surface area contributed by atoms with Crippen LogP contribution in [0.4, 0.5) is 0 Å². The highest BCUT2D eigenvalue weighted by atomic mass is 79.9. The van der Waals surface area contributed by atoms with Crippen molar-refractivity contribution in [1.29, 1.82) is 0 Å². The smallest absolute Gasteiger partial charge is 0.261 e. The second kappa shape index (κ2) is 7.44. The summed E-state index contributed by atoms with van der Waals surface area (Å²) >= 11 is 5.17. The Labute approximate surface area is 128 Å². The molecular formula is C15H22BrNOS. The second-order valence-corrected chi connectivity index (χ2v) is 7.16. The number of halogens is 1. The number of aryl methyl sites for hydroxylation is 2. The molecule has 1 N–H and O–H groups in total. The van der Waals surface area contributed by atoms with Crippen LogP contribution in [-0.4, -0.2) is 17.8 Å². The number of hydrogen-bond donors (Lipinski definition) is 1. The zero-order chi connectivity index (χ0) is 13.7. The SMILES string of the molecule is CCC(CCBr)CNC(=O)c1cc2c(s1)CCCC2. The Hall–Kier alpha value is -0.350. The van der Waals surface area contributed by atoms with Gasteiger partial charge in [0, 0.05) is 16.8 Å². The molecule has 0 radical (unpaired) electrons. The molecule has 1 atom stereocenters. The Kier molecular flexibility index (Phi) is 5.89. The van der Waals surface area contributed by atoms with Crippen LogP contribution in [0, 0.1) is 5.92 Å². The van der Waals surface area contributed by atoms with Crippen molar-refractivity contribution in [3.05, 3.63) is 21.4 Å². The molecule has 0 aromatic carbocycles. The maximum Gasteiger partial charge on any atom is 0.261 e. The molecule has 0 aliphatic heterocycles. The van der Waals surface area contributed by atoms with Crippen molar-refractivity contribution < 1.29 is 4.79 Å². The van der Waals surface area contributed by atoms with Gasteiger partial charge in [0.05, 0.1) is 4.88 Å². The van der Waals surface area contributed by atoms with Crippen molar-refractivity contribution in [3.8, 4) is 0 Å². The van der Waals surface area contributed by atoms with Crippen LogP contribution < -0.4 is 5.32 Å². The van der Waals surface area contributed by atoms with E-state index in [2.05, 4.69) is 34.2 Å². The molecule has 0 bridgehead atoms. The average Bonchev–Trinajstić information content (AvgIpc) is 2.87. The molecule has 0 fully saturated rings. The Morgan fingerprint density at radius 2 is 2.26 bits per heavy atom. The summed E-state index contributed by atoms with van der Waals surface area (Å²) in [5, 5.41) is 4.10. The van der Waals surface area contributed by atoms with E-state index < -0.39 is 0 Å². The van der Waals surface area contributed by atoms with Crippen LogP contribution in [0.25, 0.3) is 0 Å². The quantitative estimate of drug-likeness (QED) is 0.771. The van der Waals surface area contributed by atoms with E-state index >= 15 is 0 Å². The zero-order valence-corrected chi connectivity index (χ0v) is 13.9. The molecule has 4 heteroatoms. The van der Waals surface area contributed by atoms with Gasteiger partial charge in [0.1, 0.15) is 0 Å². The van der Waals surface area contributed by atoms with Gasteiger partial charge < -0.3 is 5.32 Å². The first-order chi connectivity index (χ1) is 9.24. The number of amides is 1. The molecule has 1 aromatic rings. The molecule has 1 aliphatic carbocycles. The van der Waals surface area contributed by atoms with E-state index in [1.807, 2.05) is 0 Å². The van der Waals surface area contributed by atoms with E-state index in [-0.39, 0.29) is 5.91 Å². The summed E-state index contributed by atoms with van der Waals surface area (Å²) in [6.45, 7) is 2.98. The van der Waals surface area contributed by atoms with Crippen LogP contribution in [0.5, 0.6) is 0 Å². The maximum absolute atomic E-state index is 12.2. The van der Waals surface area contributed by atoms with Crippen LogP contribution in [0.2, 0.25) is 0 Å². The average molecular weight is 344 g/mol. The molecule has 1 amide bonds. The molecule has 19 heavy (non-hydrogen) atoms. The molecule has 1 aliphatic rings. The van der Waals surface area contributed by atoms with Gasteiger partial charge in [0.15, 0.2) is 0 Å². The lowest BCUT2D eigenvalue weighted by molar-refractivity contribution is 0.0950. The van der Waals surface area contributed by atoms with Crippen molar-refractivity contribution in [3.63, 3.8) is 0 Å². The molecule has 106 valence electrons. The molecule has 0 saturated carbocycles. The summed E-state index contributed by atoms with van der Waals surface area (Å²) < 4.78 is 0. The predicted octanol–water partition coefficient (Wildman–Crippen LogP) is 4.17. The van der Waals surface area contributed by atoms with E-state index in [1.165, 1.54) is 23.3 Å². The molecular weight excluding hydrogens is 322 g/mol. The first-order valence-corrected chi connectivity index (χ1v) is 9.14. The van der Waals surface area contributed by atoms with Gasteiger partial charge in [-0.05, 0) is 49.7 Å². The van der Waals surface area contributed by atoms with Gasteiger partial charge in [-0.25, -0.2) is 0 Å². The largest absolute Gasteiger partial charge is 0.351 e. The van der Waals surface area contributed by atoms with Crippen molar-refractivity contribution in [2.24, 2.45) is 5.92 Å². The van der Waals surface area contributed by atoms with Gasteiger partial charge in [0.25, 0.3) is 5.91 Å². The molecule has 2 nitrogen and oxygen atoms in total. The Morgan fingerprint density at radius 3 is 2.95 bits per heavy atom. The number of thiophene rings is 1. The zero-order valence-electron chi connectivity index (χ0n) is 11.5. The number of nitrogens with one attached hydrogen (secondary N) is 1. The van der Waals surface area contributed by atoms with Gasteiger partial charge in [-0.15, -0.1) is 11.3 Å². The van der Waals surface area contributed by atoms with E-state index in [9.17, 15) is 4.79 Å². The van der Waals surface area contributed by atoms with Crippen molar-refractivity contribution in [1.82, 2.24) is 5.32 Å². The van der Waals surface area contributed by atoms with E-state index in [0.717, 1.165) is 42.4 Å². The lowest BCUT2D eigenvalue weighted by atomic mass is 9.99. The summed E-state index contributed by atoms with van der Waals surface area (Å²) in [6, 6.07) is 2.11. The van der Waals surface area contributed by atoms with Gasteiger partial charge in [0.2, 0.25) is 0 Å². The first kappa shape index (κ1) is 15.0. The van der Waals surface area contributed by atoms with Gasteiger partial charge in [-0.1, -0.05) is 29.3 Å². The first-order valence-electron chi connectivity index (χ1n) is 7.20. The van der Waals surface area contributed by atoms with Crippen LogP contribution >= 0.6 is 27.3 Å². The number of alkyl halides is 1. The van der Waals surface area contributed by atoms with E-state index in [1.54, 1.807) is 11.3 Å². The summed E-state index contributed by atoms with van der Waals surface area (Å²) in [6.07, 6.45) is 7.10. The fourth-order valence-electron chi connectivity index (χ4n) is 2.53. The Morgan fingerprint density at radius 1 is 1.47 bits per heavy atom. The minimum Gasteiger partial charge on any atom is -0.351 e. The third-order valence-corrected chi connectivity index (χ3v) is 5.56. The summed E-state index contributed by atoms with van der Waals surface area (Å²) in [5.41, 5.74) is 1.41. The minimum atomic E-state index is 0.118.